The number of anilines is 1. The molecule has 3 atom stereocenters. The van der Waals surface area contributed by atoms with Crippen LogP contribution in [-0.2, 0) is 43.4 Å². The summed E-state index contributed by atoms with van der Waals surface area (Å²) in [5.74, 6) is -3.13. The fourth-order valence-electron chi connectivity index (χ4n) is 5.41. The third kappa shape index (κ3) is 11.5. The number of hydrogen-bond donors (Lipinski definition) is 3. The SMILES string of the molecule is CNCC(=O)OCc1ccc[n+]([O-])c1N(C)C(=O)OC(C)[n+]1cnn(C[C@](O)(c2cc(F)ccc2F)[C@@H](C)c2nc(-c3ccc(C#N)cc3)cs2)c1.O=S(=O)([O-])O. The van der Waals surface area contributed by atoms with Crippen molar-refractivity contribution in [2.75, 3.05) is 25.5 Å². The first-order valence-electron chi connectivity index (χ1n) is 16.6. The van der Waals surface area contributed by atoms with Crippen molar-refractivity contribution in [2.24, 2.45) is 0 Å². The van der Waals surface area contributed by atoms with Gasteiger partial charge in [0.25, 0.3) is 12.1 Å². The number of carbonyl (C=O) groups is 2. The van der Waals surface area contributed by atoms with Crippen molar-refractivity contribution in [1.29, 1.82) is 5.26 Å². The number of benzene rings is 2. The van der Waals surface area contributed by atoms with Gasteiger partial charge in [-0.2, -0.15) is 19.5 Å². The van der Waals surface area contributed by atoms with Gasteiger partial charge in [0.2, 0.25) is 23.0 Å². The van der Waals surface area contributed by atoms with E-state index < -0.39 is 51.8 Å². The van der Waals surface area contributed by atoms with E-state index in [-0.39, 0.29) is 36.6 Å². The normalized spacial score (nSPS) is 13.3. The standard InChI is InChI=1S/C35H35F2N8O6S.H2O4S/c1-22(32-41-30(18-52-32)25-9-7-24(15-38)8-10-25)35(48,28-14-27(36)11-12-29(28)37)19-44-21-43(20-40-44)23(2)51-34(47)42(4)33-26(6-5-13-45(33)49)17-50-31(46)16-39-3;1-5(2,3)4/h5-14,18,20-23,39,48H,16-17,19H2,1-4H3;(H2,1,2,3,4)/q+1;/p-1/t22-,23?,35+;/m0./s1. The third-order valence-electron chi connectivity index (χ3n) is 8.32. The Bertz CT molecular complexity index is 2350. The Morgan fingerprint density at radius 1 is 1.19 bits per heavy atom. The van der Waals surface area contributed by atoms with Crippen molar-refractivity contribution in [3.05, 3.63) is 117 Å². The molecule has 302 valence electrons. The Morgan fingerprint density at radius 2 is 1.88 bits per heavy atom. The number of esters is 1. The highest BCUT2D eigenvalue weighted by molar-refractivity contribution is 7.79. The predicted octanol–water partition coefficient (Wildman–Crippen LogP) is 2.83. The molecular formula is C35H36F2N8O10S2. The minimum atomic E-state index is -4.92. The molecule has 0 bridgehead atoms. The van der Waals surface area contributed by atoms with E-state index in [2.05, 4.69) is 21.5 Å². The highest BCUT2D eigenvalue weighted by atomic mass is 32.3. The van der Waals surface area contributed by atoms with Gasteiger partial charge in [0.05, 0.1) is 47.7 Å². The molecule has 0 radical (unpaired) electrons. The lowest BCUT2D eigenvalue weighted by atomic mass is 9.82. The average Bonchev–Trinajstić information content (AvgIpc) is 3.84. The van der Waals surface area contributed by atoms with Crippen LogP contribution >= 0.6 is 11.3 Å². The lowest BCUT2D eigenvalue weighted by molar-refractivity contribution is -0.753. The summed E-state index contributed by atoms with van der Waals surface area (Å²) in [5, 5.41) is 43.2. The topological polar surface area (TPSA) is 251 Å². The molecule has 0 spiro atoms. The maximum Gasteiger partial charge on any atom is 0.509 e. The number of aromatic nitrogens is 5. The fraction of sp³-hybridized carbons (Fsp3) is 0.286. The summed E-state index contributed by atoms with van der Waals surface area (Å²) < 4.78 is 76.6. The smallest absolute Gasteiger partial charge is 0.509 e. The number of nitrogens with one attached hydrogen (secondary N) is 1. The van der Waals surface area contributed by atoms with Crippen LogP contribution in [0.5, 0.6) is 0 Å². The number of pyridine rings is 1. The molecule has 3 aromatic heterocycles. The molecule has 0 aliphatic rings. The number of carbonyl (C=O) groups excluding carboxylic acids is 2. The monoisotopic (exact) mass is 830 g/mol. The molecule has 0 fully saturated rings. The molecule has 1 amide bonds. The Labute approximate surface area is 328 Å². The summed E-state index contributed by atoms with van der Waals surface area (Å²) in [7, 11) is -2.01. The molecule has 3 heterocycles. The second-order valence-electron chi connectivity index (χ2n) is 12.3. The van der Waals surface area contributed by atoms with Gasteiger partial charge >= 0.3 is 12.1 Å². The first-order chi connectivity index (χ1) is 26.8. The van der Waals surface area contributed by atoms with Crippen molar-refractivity contribution >= 4 is 39.6 Å². The van der Waals surface area contributed by atoms with Gasteiger partial charge in [-0.15, -0.1) is 16.0 Å². The molecule has 1 unspecified atom stereocenters. The second kappa shape index (κ2) is 18.8. The summed E-state index contributed by atoms with van der Waals surface area (Å²) in [5.41, 5.74) is -0.319. The molecule has 0 saturated carbocycles. The minimum absolute atomic E-state index is 0.0426. The van der Waals surface area contributed by atoms with Crippen molar-refractivity contribution in [2.45, 2.75) is 44.7 Å². The van der Waals surface area contributed by atoms with Gasteiger partial charge in [0.1, 0.15) is 30.4 Å². The number of amides is 1. The fourth-order valence-corrected chi connectivity index (χ4v) is 6.38. The largest absolute Gasteiger partial charge is 0.726 e. The average molecular weight is 831 g/mol. The molecule has 3 N–H and O–H groups in total. The molecular weight excluding hydrogens is 795 g/mol. The van der Waals surface area contributed by atoms with E-state index in [1.165, 1.54) is 65.5 Å². The van der Waals surface area contributed by atoms with E-state index in [0.29, 0.717) is 21.0 Å². The van der Waals surface area contributed by atoms with Crippen molar-refractivity contribution in [3.63, 3.8) is 0 Å². The van der Waals surface area contributed by atoms with Crippen LogP contribution in [0.3, 0.4) is 0 Å². The molecule has 5 aromatic rings. The van der Waals surface area contributed by atoms with Crippen LogP contribution in [0.15, 0.2) is 78.8 Å². The highest BCUT2D eigenvalue weighted by Crippen LogP contribution is 2.41. The van der Waals surface area contributed by atoms with Crippen LogP contribution in [0.1, 0.15) is 47.7 Å². The van der Waals surface area contributed by atoms with Crippen LogP contribution in [-0.4, -0.2) is 70.1 Å². The molecule has 2 aromatic carbocycles. The molecule has 22 heteroatoms. The number of likely N-dealkylation sites (N-methyl/N-ethyl adjacent to an activating group) is 1. The minimum Gasteiger partial charge on any atom is -0.726 e. The molecule has 0 aliphatic heterocycles. The zero-order chi connectivity index (χ0) is 42.1. The Balaban J connectivity index is 0.00000135. The summed E-state index contributed by atoms with van der Waals surface area (Å²) >= 11 is 1.23. The number of ether oxygens (including phenoxy) is 2. The summed E-state index contributed by atoms with van der Waals surface area (Å²) in [6.07, 6.45) is 2.01. The number of aliphatic hydroxyl groups is 1. The Kier molecular flexibility index (Phi) is 14.4. The maximum absolute atomic E-state index is 15.3. The Morgan fingerprint density at radius 3 is 2.53 bits per heavy atom. The van der Waals surface area contributed by atoms with Gasteiger partial charge in [-0.05, 0) is 49.5 Å². The van der Waals surface area contributed by atoms with Crippen LogP contribution < -0.4 is 19.5 Å². The first-order valence-corrected chi connectivity index (χ1v) is 18.8. The summed E-state index contributed by atoms with van der Waals surface area (Å²) in [6.45, 7) is 2.52. The Hall–Kier alpha value is -5.96. The van der Waals surface area contributed by atoms with Gasteiger partial charge in [0.15, 0.2) is 0 Å². The zero-order valence-electron chi connectivity index (χ0n) is 30.6. The van der Waals surface area contributed by atoms with E-state index in [1.807, 2.05) is 0 Å². The summed E-state index contributed by atoms with van der Waals surface area (Å²) in [4.78, 5) is 30.7. The molecule has 18 nitrogen and oxygen atoms in total. The van der Waals surface area contributed by atoms with Gasteiger partial charge in [-0.25, -0.2) is 26.9 Å². The number of thiazole rings is 1. The van der Waals surface area contributed by atoms with Crippen LogP contribution in [0.2, 0.25) is 0 Å². The quantitative estimate of drug-likeness (QED) is 0.0508. The highest BCUT2D eigenvalue weighted by Gasteiger charge is 2.44. The van der Waals surface area contributed by atoms with Gasteiger partial charge < -0.3 is 29.7 Å². The van der Waals surface area contributed by atoms with E-state index in [0.717, 1.165) is 28.7 Å². The number of hydrogen-bond acceptors (Lipinski definition) is 14. The van der Waals surface area contributed by atoms with E-state index in [9.17, 15) is 24.3 Å². The van der Waals surface area contributed by atoms with Crippen LogP contribution in [0.4, 0.5) is 19.4 Å². The van der Waals surface area contributed by atoms with Gasteiger partial charge in [-0.1, -0.05) is 19.1 Å². The molecule has 0 saturated heterocycles. The van der Waals surface area contributed by atoms with Crippen LogP contribution in [0, 0.1) is 28.2 Å². The predicted molar refractivity (Wildman–Crippen MR) is 194 cm³/mol. The lowest BCUT2D eigenvalue weighted by Gasteiger charge is -2.32. The van der Waals surface area contributed by atoms with Gasteiger partial charge in [0, 0.05) is 34.4 Å². The summed E-state index contributed by atoms with van der Waals surface area (Å²) in [6, 6.07) is 14.7. The molecule has 5 rings (SSSR count). The zero-order valence-corrected chi connectivity index (χ0v) is 32.3. The maximum atomic E-state index is 15.3. The molecule has 57 heavy (non-hydrogen) atoms. The third-order valence-corrected chi connectivity index (χ3v) is 9.35. The van der Waals surface area contributed by atoms with Crippen molar-refractivity contribution in [3.8, 4) is 17.3 Å². The van der Waals surface area contributed by atoms with Crippen LogP contribution in [0.25, 0.3) is 11.3 Å². The number of rotatable bonds is 13. The van der Waals surface area contributed by atoms with E-state index in [1.54, 1.807) is 43.6 Å². The van der Waals surface area contributed by atoms with E-state index in [4.69, 9.17) is 32.3 Å². The lowest BCUT2D eigenvalue weighted by Crippen LogP contribution is -2.45. The first kappa shape index (κ1) is 43.8. The number of nitriles is 1. The second-order valence-corrected chi connectivity index (χ2v) is 14.0. The molecule has 0 aliphatic carbocycles. The van der Waals surface area contributed by atoms with E-state index >= 15 is 4.39 Å². The van der Waals surface area contributed by atoms with Crippen molar-refractivity contribution < 1.29 is 59.8 Å². The van der Waals surface area contributed by atoms with Gasteiger partial charge in [-0.3, -0.25) is 9.35 Å². The number of nitrogens with zero attached hydrogens (tertiary/aromatic N) is 7. The number of halogens is 2. The van der Waals surface area contributed by atoms with Crippen molar-refractivity contribution in [1.82, 2.24) is 20.1 Å².